The van der Waals surface area contributed by atoms with Gasteiger partial charge in [-0.3, -0.25) is 0 Å². The number of nitrogens with zero attached hydrogens (tertiary/aromatic N) is 1. The smallest absolute Gasteiger partial charge is 0.213 e. The zero-order valence-corrected chi connectivity index (χ0v) is 14.5. The summed E-state index contributed by atoms with van der Waals surface area (Å²) in [4.78, 5) is 4.45. The second kappa shape index (κ2) is 8.62. The molecule has 1 fully saturated rings. The molecule has 24 heavy (non-hydrogen) atoms. The van der Waals surface area contributed by atoms with Gasteiger partial charge in [-0.15, -0.1) is 12.4 Å². The Hall–Kier alpha value is -1.40. The molecule has 1 aromatic carbocycles. The van der Waals surface area contributed by atoms with Crippen molar-refractivity contribution in [3.8, 4) is 5.88 Å². The van der Waals surface area contributed by atoms with E-state index in [0.29, 0.717) is 23.0 Å². The highest BCUT2D eigenvalue weighted by molar-refractivity contribution is 6.30. The van der Waals surface area contributed by atoms with E-state index >= 15 is 0 Å². The molecule has 1 aliphatic rings. The molecule has 0 amide bonds. The Balaban J connectivity index is 0.00000208. The summed E-state index contributed by atoms with van der Waals surface area (Å²) in [6.45, 7) is 1.49. The van der Waals surface area contributed by atoms with Gasteiger partial charge in [-0.1, -0.05) is 23.7 Å². The Kier molecular flexibility index (Phi) is 6.80. The highest BCUT2D eigenvalue weighted by Gasteiger charge is 2.25. The lowest BCUT2D eigenvalue weighted by atomic mass is 9.91. The summed E-state index contributed by atoms with van der Waals surface area (Å²) >= 11 is 5.73. The maximum Gasteiger partial charge on any atom is 0.213 e. The molecule has 7 heteroatoms. The summed E-state index contributed by atoms with van der Waals surface area (Å²) in [5.41, 5.74) is 1.22. The van der Waals surface area contributed by atoms with E-state index in [1.807, 2.05) is 12.1 Å². The lowest BCUT2D eigenvalue weighted by Gasteiger charge is -2.28. The first-order valence-electron chi connectivity index (χ1n) is 7.56. The van der Waals surface area contributed by atoms with Gasteiger partial charge in [0.25, 0.3) is 0 Å². The van der Waals surface area contributed by atoms with E-state index in [1.165, 1.54) is 6.07 Å². The van der Waals surface area contributed by atoms with Gasteiger partial charge in [0.15, 0.2) is 0 Å². The van der Waals surface area contributed by atoms with E-state index in [1.54, 1.807) is 18.2 Å². The normalized spacial score (nSPS) is 20.3. The summed E-state index contributed by atoms with van der Waals surface area (Å²) in [5.74, 6) is 0.0112. The molecule has 2 aromatic rings. The van der Waals surface area contributed by atoms with Gasteiger partial charge in [-0.2, -0.15) is 0 Å². The second-order valence-corrected chi connectivity index (χ2v) is 6.03. The molecule has 2 N–H and O–H groups in total. The molecule has 1 aliphatic heterocycles. The molecule has 0 radical (unpaired) electrons. The summed E-state index contributed by atoms with van der Waals surface area (Å²) in [6, 6.07) is 9.93. The van der Waals surface area contributed by atoms with Crippen molar-refractivity contribution in [2.24, 2.45) is 0 Å². The van der Waals surface area contributed by atoms with Crippen LogP contribution >= 0.6 is 24.0 Å². The number of aliphatic hydroxyl groups is 1. The Morgan fingerprint density at radius 3 is 2.92 bits per heavy atom. The summed E-state index contributed by atoms with van der Waals surface area (Å²) in [6.07, 6.45) is 0.365. The minimum atomic E-state index is -0.458. The number of ether oxygens (including phenoxy) is 1. The van der Waals surface area contributed by atoms with Crippen LogP contribution in [0.3, 0.4) is 0 Å². The van der Waals surface area contributed by atoms with E-state index in [9.17, 15) is 9.50 Å². The molecule has 2 atom stereocenters. The van der Waals surface area contributed by atoms with E-state index in [-0.39, 0.29) is 24.9 Å². The van der Waals surface area contributed by atoms with E-state index in [2.05, 4.69) is 10.3 Å². The molecule has 130 valence electrons. The van der Waals surface area contributed by atoms with Crippen LogP contribution in [0.4, 0.5) is 4.39 Å². The van der Waals surface area contributed by atoms with Crippen molar-refractivity contribution in [1.82, 2.24) is 10.3 Å². The van der Waals surface area contributed by atoms with Gasteiger partial charge in [0.05, 0.1) is 11.8 Å². The topological polar surface area (TPSA) is 54.4 Å². The number of halogens is 3. The quantitative estimate of drug-likeness (QED) is 0.864. The average Bonchev–Trinajstić information content (AvgIpc) is 2.55. The molecule has 0 aliphatic carbocycles. The zero-order chi connectivity index (χ0) is 16.2. The van der Waals surface area contributed by atoms with E-state index in [4.69, 9.17) is 16.3 Å². The van der Waals surface area contributed by atoms with Crippen LogP contribution in [0.5, 0.6) is 5.88 Å². The largest absolute Gasteiger partial charge is 0.473 e. The van der Waals surface area contributed by atoms with Crippen LogP contribution in [-0.4, -0.2) is 29.3 Å². The molecular formula is C17H19Cl2FN2O2. The first-order valence-corrected chi connectivity index (χ1v) is 7.94. The molecule has 0 saturated carbocycles. The number of aromatic nitrogens is 1. The number of β-amino-alcohol motifs (C(OH)–C–C–N with tert-alkyl or cyclic N) is 1. The number of aliphatic hydroxyl groups excluding tert-OH is 1. The van der Waals surface area contributed by atoms with Crippen LogP contribution in [0, 0.1) is 5.82 Å². The minimum absolute atomic E-state index is 0. The van der Waals surface area contributed by atoms with Crippen LogP contribution in [0.15, 0.2) is 36.4 Å². The molecular weight excluding hydrogens is 354 g/mol. The number of benzene rings is 1. The van der Waals surface area contributed by atoms with Gasteiger partial charge in [-0.25, -0.2) is 9.37 Å². The third kappa shape index (κ3) is 4.57. The molecule has 2 heterocycles. The first-order chi connectivity index (χ1) is 11.1. The molecule has 2 unspecified atom stereocenters. The van der Waals surface area contributed by atoms with Crippen molar-refractivity contribution in [2.45, 2.75) is 25.0 Å². The molecule has 4 nitrogen and oxygen atoms in total. The monoisotopic (exact) mass is 372 g/mol. The van der Waals surface area contributed by atoms with Gasteiger partial charge in [0.2, 0.25) is 5.88 Å². The predicted octanol–water partition coefficient (Wildman–Crippen LogP) is 3.31. The number of hydrogen-bond acceptors (Lipinski definition) is 4. The molecule has 0 bridgehead atoms. The van der Waals surface area contributed by atoms with Gasteiger partial charge in [0.1, 0.15) is 12.4 Å². The van der Waals surface area contributed by atoms with E-state index in [0.717, 1.165) is 18.7 Å². The summed E-state index contributed by atoms with van der Waals surface area (Å²) < 4.78 is 19.3. The number of rotatable bonds is 4. The maximum atomic E-state index is 13.7. The fraction of sp³-hybridized carbons (Fsp3) is 0.353. The first kappa shape index (κ1) is 18.9. The van der Waals surface area contributed by atoms with Crippen molar-refractivity contribution in [2.75, 3.05) is 13.1 Å². The Bertz CT molecular complexity index is 687. The Labute approximate surface area is 151 Å². The van der Waals surface area contributed by atoms with Crippen LogP contribution < -0.4 is 10.1 Å². The summed E-state index contributed by atoms with van der Waals surface area (Å²) in [5, 5.41) is 13.6. The van der Waals surface area contributed by atoms with Crippen LogP contribution in [0.25, 0.3) is 0 Å². The third-order valence-corrected chi connectivity index (χ3v) is 4.20. The number of nitrogens with one attached hydrogen (secondary N) is 1. The zero-order valence-electron chi connectivity index (χ0n) is 12.9. The van der Waals surface area contributed by atoms with Crippen molar-refractivity contribution in [3.63, 3.8) is 0 Å². The molecule has 1 saturated heterocycles. The lowest BCUT2D eigenvalue weighted by Crippen LogP contribution is -2.39. The van der Waals surface area contributed by atoms with Crippen LogP contribution in [0.2, 0.25) is 5.02 Å². The van der Waals surface area contributed by atoms with Gasteiger partial charge in [-0.05, 0) is 31.2 Å². The van der Waals surface area contributed by atoms with Gasteiger partial charge < -0.3 is 15.2 Å². The number of piperidine rings is 1. The molecule has 3 rings (SSSR count). The SMILES string of the molecule is Cl.OC1CNCCC1c1cccc(OCc2ccc(Cl)cc2F)n1. The van der Waals surface area contributed by atoms with Crippen molar-refractivity contribution in [3.05, 3.63) is 58.5 Å². The maximum absolute atomic E-state index is 13.7. The van der Waals surface area contributed by atoms with Crippen LogP contribution in [0.1, 0.15) is 23.6 Å². The fourth-order valence-corrected chi connectivity index (χ4v) is 2.85. The van der Waals surface area contributed by atoms with Crippen molar-refractivity contribution in [1.29, 1.82) is 0 Å². The van der Waals surface area contributed by atoms with Crippen molar-refractivity contribution >= 4 is 24.0 Å². The molecule has 0 spiro atoms. The third-order valence-electron chi connectivity index (χ3n) is 3.97. The molecule has 1 aromatic heterocycles. The predicted molar refractivity (Wildman–Crippen MR) is 93.5 cm³/mol. The summed E-state index contributed by atoms with van der Waals surface area (Å²) in [7, 11) is 0. The highest BCUT2D eigenvalue weighted by atomic mass is 35.5. The van der Waals surface area contributed by atoms with Crippen molar-refractivity contribution < 1.29 is 14.2 Å². The van der Waals surface area contributed by atoms with E-state index < -0.39 is 11.9 Å². The van der Waals surface area contributed by atoms with Gasteiger partial charge in [0, 0.05) is 29.1 Å². The average molecular weight is 373 g/mol. The minimum Gasteiger partial charge on any atom is -0.473 e. The highest BCUT2D eigenvalue weighted by Crippen LogP contribution is 2.26. The van der Waals surface area contributed by atoms with Gasteiger partial charge >= 0.3 is 0 Å². The number of pyridine rings is 1. The standard InChI is InChI=1S/C17H18ClFN2O2.ClH/c18-12-5-4-11(14(19)8-12)10-23-17-3-1-2-15(21-17)13-6-7-20-9-16(13)22;/h1-5,8,13,16,20,22H,6-7,9-10H2;1H. The Morgan fingerprint density at radius 2 is 2.17 bits per heavy atom. The Morgan fingerprint density at radius 1 is 1.33 bits per heavy atom. The number of hydrogen-bond donors (Lipinski definition) is 2. The fourth-order valence-electron chi connectivity index (χ4n) is 2.70. The van der Waals surface area contributed by atoms with Crippen LogP contribution in [-0.2, 0) is 6.61 Å². The lowest BCUT2D eigenvalue weighted by molar-refractivity contribution is 0.116. The second-order valence-electron chi connectivity index (χ2n) is 5.59.